The highest BCUT2D eigenvalue weighted by Gasteiger charge is 2.47. The van der Waals surface area contributed by atoms with Crippen LogP contribution in [-0.2, 0) is 4.79 Å². The second-order valence-electron chi connectivity index (χ2n) is 4.67. The maximum Gasteiger partial charge on any atom is 0.307 e. The van der Waals surface area contributed by atoms with Gasteiger partial charge in [-0.1, -0.05) is 17.7 Å². The molecule has 2 aromatic rings. The number of tetrazole rings is 1. The van der Waals surface area contributed by atoms with E-state index in [0.29, 0.717) is 17.3 Å². The van der Waals surface area contributed by atoms with E-state index in [0.717, 1.165) is 11.3 Å². The second-order valence-corrected chi connectivity index (χ2v) is 5.08. The summed E-state index contributed by atoms with van der Waals surface area (Å²) >= 11 is 6.08. The van der Waals surface area contributed by atoms with E-state index < -0.39 is 5.97 Å². The molecule has 6 nitrogen and oxygen atoms in total. The molecule has 1 heterocycles. The van der Waals surface area contributed by atoms with Crippen LogP contribution < -0.4 is 0 Å². The Bertz CT molecular complexity index is 655. The van der Waals surface area contributed by atoms with Gasteiger partial charge in [0.15, 0.2) is 5.82 Å². The number of aromatic nitrogens is 4. The minimum Gasteiger partial charge on any atom is -0.481 e. The van der Waals surface area contributed by atoms with Gasteiger partial charge in [-0.15, -0.1) is 5.10 Å². The molecule has 3 rings (SSSR count). The van der Waals surface area contributed by atoms with Crippen LogP contribution in [-0.4, -0.2) is 31.3 Å². The van der Waals surface area contributed by atoms with E-state index in [-0.39, 0.29) is 11.8 Å². The predicted octanol–water partition coefficient (Wildman–Crippen LogP) is 1.81. The van der Waals surface area contributed by atoms with Gasteiger partial charge in [0.1, 0.15) is 0 Å². The molecular weight excluding hydrogens is 268 g/mol. The Morgan fingerprint density at radius 1 is 1.53 bits per heavy atom. The van der Waals surface area contributed by atoms with Crippen LogP contribution in [0.2, 0.25) is 5.02 Å². The maximum atomic E-state index is 10.9. The van der Waals surface area contributed by atoms with E-state index in [2.05, 4.69) is 15.5 Å². The van der Waals surface area contributed by atoms with Crippen molar-refractivity contribution in [3.8, 4) is 5.69 Å². The molecule has 0 amide bonds. The van der Waals surface area contributed by atoms with Crippen LogP contribution in [0.1, 0.15) is 23.7 Å². The minimum absolute atomic E-state index is 0.118. The van der Waals surface area contributed by atoms with Crippen molar-refractivity contribution in [1.82, 2.24) is 20.2 Å². The maximum absolute atomic E-state index is 10.9. The zero-order valence-electron chi connectivity index (χ0n) is 10.1. The summed E-state index contributed by atoms with van der Waals surface area (Å²) in [4.78, 5) is 10.9. The minimum atomic E-state index is -0.804. The lowest BCUT2D eigenvalue weighted by Gasteiger charge is -2.05. The number of nitrogens with zero attached hydrogens (tertiary/aromatic N) is 4. The van der Waals surface area contributed by atoms with Crippen LogP contribution in [0.3, 0.4) is 0 Å². The molecular formula is C12H11ClN4O2. The molecule has 0 aliphatic heterocycles. The molecule has 19 heavy (non-hydrogen) atoms. The van der Waals surface area contributed by atoms with E-state index in [4.69, 9.17) is 16.7 Å². The SMILES string of the molecule is Cc1ccc(-n2nnnc2C2CC2C(=O)O)cc1Cl. The molecule has 2 atom stereocenters. The van der Waals surface area contributed by atoms with Crippen LogP contribution in [0, 0.1) is 12.8 Å². The Labute approximate surface area is 114 Å². The van der Waals surface area contributed by atoms with Crippen LogP contribution in [0.4, 0.5) is 0 Å². The lowest BCUT2D eigenvalue weighted by Crippen LogP contribution is -2.06. The summed E-state index contributed by atoms with van der Waals surface area (Å²) in [5, 5.41) is 21.1. The van der Waals surface area contributed by atoms with Gasteiger partial charge >= 0.3 is 5.97 Å². The molecule has 1 saturated carbocycles. The van der Waals surface area contributed by atoms with E-state index in [1.54, 1.807) is 10.7 Å². The monoisotopic (exact) mass is 278 g/mol. The predicted molar refractivity (Wildman–Crippen MR) is 67.4 cm³/mol. The zero-order chi connectivity index (χ0) is 13.6. The van der Waals surface area contributed by atoms with Gasteiger partial charge in [0.25, 0.3) is 0 Å². The first kappa shape index (κ1) is 12.1. The molecule has 0 radical (unpaired) electrons. The number of benzene rings is 1. The van der Waals surface area contributed by atoms with Crippen molar-refractivity contribution in [3.05, 3.63) is 34.6 Å². The van der Waals surface area contributed by atoms with Crippen LogP contribution in [0.15, 0.2) is 18.2 Å². The van der Waals surface area contributed by atoms with Crippen molar-refractivity contribution in [2.45, 2.75) is 19.3 Å². The first-order valence-electron chi connectivity index (χ1n) is 5.85. The number of carbonyl (C=O) groups is 1. The topological polar surface area (TPSA) is 80.9 Å². The van der Waals surface area contributed by atoms with Crippen molar-refractivity contribution in [1.29, 1.82) is 0 Å². The largest absolute Gasteiger partial charge is 0.481 e. The highest BCUT2D eigenvalue weighted by molar-refractivity contribution is 6.31. The molecule has 2 unspecified atom stereocenters. The Morgan fingerprint density at radius 2 is 2.32 bits per heavy atom. The number of rotatable bonds is 3. The standard InChI is InChI=1S/C12H11ClN4O2/c1-6-2-3-7(4-10(6)13)17-11(14-15-16-17)8-5-9(8)12(18)19/h2-4,8-9H,5H2,1H3,(H,18,19). The molecule has 0 bridgehead atoms. The summed E-state index contributed by atoms with van der Waals surface area (Å²) < 4.78 is 1.55. The molecule has 1 fully saturated rings. The summed E-state index contributed by atoms with van der Waals surface area (Å²) in [6.45, 7) is 1.91. The van der Waals surface area contributed by atoms with Gasteiger partial charge in [0.05, 0.1) is 11.6 Å². The fourth-order valence-corrected chi connectivity index (χ4v) is 2.25. The molecule has 1 aliphatic carbocycles. The second kappa shape index (κ2) is 4.31. The summed E-state index contributed by atoms with van der Waals surface area (Å²) in [5.41, 5.74) is 1.71. The average molecular weight is 279 g/mol. The summed E-state index contributed by atoms with van der Waals surface area (Å²) in [6, 6.07) is 5.51. The molecule has 7 heteroatoms. The van der Waals surface area contributed by atoms with E-state index >= 15 is 0 Å². The number of aryl methyl sites for hydroxylation is 1. The first-order chi connectivity index (χ1) is 9.08. The summed E-state index contributed by atoms with van der Waals surface area (Å²) in [7, 11) is 0. The number of halogens is 1. The molecule has 1 aromatic carbocycles. The van der Waals surface area contributed by atoms with Crippen LogP contribution in [0.25, 0.3) is 5.69 Å². The molecule has 1 N–H and O–H groups in total. The fourth-order valence-electron chi connectivity index (χ4n) is 2.08. The third kappa shape index (κ3) is 2.08. The highest BCUT2D eigenvalue weighted by Crippen LogP contribution is 2.46. The molecule has 0 spiro atoms. The number of carboxylic acid groups (broad SMARTS) is 1. The van der Waals surface area contributed by atoms with E-state index in [1.165, 1.54) is 0 Å². The Kier molecular flexibility index (Phi) is 2.74. The number of aliphatic carboxylic acids is 1. The van der Waals surface area contributed by atoms with Crippen molar-refractivity contribution < 1.29 is 9.90 Å². The number of hydrogen-bond acceptors (Lipinski definition) is 4. The van der Waals surface area contributed by atoms with Gasteiger partial charge in [-0.2, -0.15) is 4.68 Å². The fraction of sp³-hybridized carbons (Fsp3) is 0.333. The Hall–Kier alpha value is -1.95. The normalized spacial score (nSPS) is 21.4. The van der Waals surface area contributed by atoms with Crippen LogP contribution in [0.5, 0.6) is 0 Å². The van der Waals surface area contributed by atoms with Gasteiger partial charge in [-0.3, -0.25) is 4.79 Å². The molecule has 0 saturated heterocycles. The van der Waals surface area contributed by atoms with E-state index in [1.807, 2.05) is 19.1 Å². The smallest absolute Gasteiger partial charge is 0.307 e. The molecule has 1 aromatic heterocycles. The third-order valence-electron chi connectivity index (χ3n) is 3.33. The van der Waals surface area contributed by atoms with Gasteiger partial charge in [-0.25, -0.2) is 0 Å². The van der Waals surface area contributed by atoms with Gasteiger partial charge < -0.3 is 5.11 Å². The highest BCUT2D eigenvalue weighted by atomic mass is 35.5. The summed E-state index contributed by atoms with van der Waals surface area (Å²) in [5.74, 6) is -0.730. The lowest BCUT2D eigenvalue weighted by atomic mass is 10.2. The third-order valence-corrected chi connectivity index (χ3v) is 3.74. The van der Waals surface area contributed by atoms with Gasteiger partial charge in [0.2, 0.25) is 0 Å². The Balaban J connectivity index is 1.96. The Morgan fingerprint density at radius 3 is 2.95 bits per heavy atom. The van der Waals surface area contributed by atoms with Crippen LogP contribution >= 0.6 is 11.6 Å². The quantitative estimate of drug-likeness (QED) is 0.926. The van der Waals surface area contributed by atoms with Crippen molar-refractivity contribution in [3.63, 3.8) is 0 Å². The van der Waals surface area contributed by atoms with Crippen molar-refractivity contribution in [2.75, 3.05) is 0 Å². The summed E-state index contributed by atoms with van der Waals surface area (Å²) in [6.07, 6.45) is 0.579. The van der Waals surface area contributed by atoms with E-state index in [9.17, 15) is 4.79 Å². The molecule has 1 aliphatic rings. The van der Waals surface area contributed by atoms with Crippen molar-refractivity contribution >= 4 is 17.6 Å². The number of carboxylic acids is 1. The first-order valence-corrected chi connectivity index (χ1v) is 6.23. The molecule has 98 valence electrons. The van der Waals surface area contributed by atoms with Gasteiger partial charge in [-0.05, 0) is 41.5 Å². The van der Waals surface area contributed by atoms with Gasteiger partial charge in [0, 0.05) is 10.9 Å². The zero-order valence-corrected chi connectivity index (χ0v) is 10.9. The van der Waals surface area contributed by atoms with Crippen molar-refractivity contribution in [2.24, 2.45) is 5.92 Å². The average Bonchev–Trinajstić information content (AvgIpc) is 3.03. The lowest BCUT2D eigenvalue weighted by molar-refractivity contribution is -0.138. The number of hydrogen-bond donors (Lipinski definition) is 1.